The first-order valence-corrected chi connectivity index (χ1v) is 3.54. The lowest BCUT2D eigenvalue weighted by Gasteiger charge is -2.21. The first kappa shape index (κ1) is 8.99. The van der Waals surface area contributed by atoms with Crippen LogP contribution in [0.4, 0.5) is 0 Å². The molecule has 0 aromatic heterocycles. The summed E-state index contributed by atoms with van der Waals surface area (Å²) in [6.07, 6.45) is 3.04. The Morgan fingerprint density at radius 1 is 1.44 bits per heavy atom. The van der Waals surface area contributed by atoms with Gasteiger partial charge in [0.2, 0.25) is 0 Å². The van der Waals surface area contributed by atoms with Crippen LogP contribution in [0.2, 0.25) is 0 Å². The van der Waals surface area contributed by atoms with E-state index in [1.165, 1.54) is 0 Å². The molecule has 0 aliphatic heterocycles. The SMILES string of the molecule is CCC=C(Cl)[N+](C)(C)C. The Hall–Kier alpha value is -0.0100. The maximum absolute atomic E-state index is 5.89. The summed E-state index contributed by atoms with van der Waals surface area (Å²) in [5.41, 5.74) is 0. The van der Waals surface area contributed by atoms with Crippen LogP contribution < -0.4 is 0 Å². The lowest BCUT2D eigenvalue weighted by molar-refractivity contribution is -0.824. The molecule has 54 valence electrons. The van der Waals surface area contributed by atoms with Crippen molar-refractivity contribution in [3.8, 4) is 0 Å². The maximum atomic E-state index is 5.89. The number of quaternary nitrogens is 1. The second-order valence-electron chi connectivity index (χ2n) is 2.95. The van der Waals surface area contributed by atoms with Gasteiger partial charge in [0.25, 0.3) is 0 Å². The third kappa shape index (κ3) is 3.55. The van der Waals surface area contributed by atoms with Crippen LogP contribution in [0, 0.1) is 0 Å². The molecule has 0 saturated carbocycles. The fraction of sp³-hybridized carbons (Fsp3) is 0.714. The van der Waals surface area contributed by atoms with E-state index in [2.05, 4.69) is 28.1 Å². The average Bonchev–Trinajstić information content (AvgIpc) is 1.64. The summed E-state index contributed by atoms with van der Waals surface area (Å²) < 4.78 is 0.718. The Balaban J connectivity index is 4.03. The van der Waals surface area contributed by atoms with Crippen molar-refractivity contribution >= 4 is 11.6 Å². The van der Waals surface area contributed by atoms with Crippen molar-refractivity contribution in [2.45, 2.75) is 13.3 Å². The molecule has 0 bridgehead atoms. The summed E-state index contributed by atoms with van der Waals surface area (Å²) in [4.78, 5) is 0. The Kier molecular flexibility index (Phi) is 3.23. The molecular formula is C7H15ClN+. The monoisotopic (exact) mass is 148 g/mol. The molecule has 0 aromatic carbocycles. The van der Waals surface area contributed by atoms with Gasteiger partial charge in [-0.3, -0.25) is 4.48 Å². The topological polar surface area (TPSA) is 0 Å². The minimum atomic E-state index is 0.718. The van der Waals surface area contributed by atoms with Crippen LogP contribution in [0.1, 0.15) is 13.3 Å². The van der Waals surface area contributed by atoms with Crippen LogP contribution in [0.15, 0.2) is 11.2 Å². The first-order chi connectivity index (χ1) is 3.98. The highest BCUT2D eigenvalue weighted by molar-refractivity contribution is 6.28. The highest BCUT2D eigenvalue weighted by Crippen LogP contribution is 2.12. The molecule has 0 radical (unpaired) electrons. The average molecular weight is 149 g/mol. The molecule has 0 aromatic rings. The van der Waals surface area contributed by atoms with Crippen molar-refractivity contribution in [2.75, 3.05) is 21.1 Å². The zero-order valence-electron chi connectivity index (χ0n) is 6.61. The van der Waals surface area contributed by atoms with E-state index < -0.39 is 0 Å². The van der Waals surface area contributed by atoms with Crippen LogP contribution in [-0.4, -0.2) is 25.6 Å². The first-order valence-electron chi connectivity index (χ1n) is 3.16. The van der Waals surface area contributed by atoms with Gasteiger partial charge in [-0.2, -0.15) is 0 Å². The molecule has 0 aliphatic carbocycles. The van der Waals surface area contributed by atoms with Crippen LogP contribution in [-0.2, 0) is 0 Å². The number of hydrogen-bond acceptors (Lipinski definition) is 0. The standard InChI is InChI=1S/C7H15ClN/c1-5-6-7(8)9(2,3)4/h6H,5H2,1-4H3/q+1. The molecule has 0 N–H and O–H groups in total. The molecule has 0 unspecified atom stereocenters. The van der Waals surface area contributed by atoms with Crippen LogP contribution in [0.5, 0.6) is 0 Å². The van der Waals surface area contributed by atoms with Crippen molar-refractivity contribution in [3.63, 3.8) is 0 Å². The van der Waals surface area contributed by atoms with Crippen molar-refractivity contribution < 1.29 is 4.48 Å². The summed E-state index contributed by atoms with van der Waals surface area (Å²) in [6, 6.07) is 0. The Labute approximate surface area is 62.5 Å². The van der Waals surface area contributed by atoms with Crippen LogP contribution >= 0.6 is 11.6 Å². The third-order valence-electron chi connectivity index (χ3n) is 1.01. The number of allylic oxidation sites excluding steroid dienone is 1. The zero-order valence-corrected chi connectivity index (χ0v) is 7.37. The van der Waals surface area contributed by atoms with Gasteiger partial charge in [-0.15, -0.1) is 0 Å². The highest BCUT2D eigenvalue weighted by Gasteiger charge is 2.10. The van der Waals surface area contributed by atoms with Crippen molar-refractivity contribution in [3.05, 3.63) is 11.2 Å². The maximum Gasteiger partial charge on any atom is 0.196 e. The molecule has 1 nitrogen and oxygen atoms in total. The van der Waals surface area contributed by atoms with Gasteiger partial charge in [0.05, 0.1) is 21.1 Å². The van der Waals surface area contributed by atoms with Gasteiger partial charge in [0.15, 0.2) is 5.16 Å². The minimum Gasteiger partial charge on any atom is -0.289 e. The van der Waals surface area contributed by atoms with Gasteiger partial charge in [-0.25, -0.2) is 0 Å². The molecule has 0 rings (SSSR count). The fourth-order valence-corrected chi connectivity index (χ4v) is 0.597. The van der Waals surface area contributed by atoms with E-state index in [9.17, 15) is 0 Å². The van der Waals surface area contributed by atoms with E-state index >= 15 is 0 Å². The van der Waals surface area contributed by atoms with Crippen LogP contribution in [0.3, 0.4) is 0 Å². The summed E-state index contributed by atoms with van der Waals surface area (Å²) in [5.74, 6) is 0. The Bertz CT molecular complexity index is 111. The summed E-state index contributed by atoms with van der Waals surface area (Å²) in [5, 5.41) is 0.900. The van der Waals surface area contributed by atoms with E-state index in [0.717, 1.165) is 16.1 Å². The van der Waals surface area contributed by atoms with E-state index in [-0.39, 0.29) is 0 Å². The highest BCUT2D eigenvalue weighted by atomic mass is 35.5. The summed E-state index contributed by atoms with van der Waals surface area (Å²) >= 11 is 5.89. The second kappa shape index (κ2) is 3.23. The predicted octanol–water partition coefficient (Wildman–Crippen LogP) is 2.18. The molecule has 0 heterocycles. The Morgan fingerprint density at radius 3 is 2.00 bits per heavy atom. The third-order valence-corrected chi connectivity index (χ3v) is 1.67. The van der Waals surface area contributed by atoms with Gasteiger partial charge in [-0.1, -0.05) is 6.92 Å². The smallest absolute Gasteiger partial charge is 0.196 e. The number of hydrogen-bond donors (Lipinski definition) is 0. The normalized spacial score (nSPS) is 14.1. The van der Waals surface area contributed by atoms with Gasteiger partial charge in [0.1, 0.15) is 0 Å². The number of halogens is 1. The van der Waals surface area contributed by atoms with Gasteiger partial charge < -0.3 is 0 Å². The van der Waals surface area contributed by atoms with E-state index in [1.54, 1.807) is 0 Å². The Morgan fingerprint density at radius 2 is 1.89 bits per heavy atom. The molecule has 0 saturated heterocycles. The zero-order chi connectivity index (χ0) is 7.49. The summed E-state index contributed by atoms with van der Waals surface area (Å²) in [7, 11) is 6.15. The van der Waals surface area contributed by atoms with Gasteiger partial charge >= 0.3 is 0 Å². The van der Waals surface area contributed by atoms with E-state index in [1.807, 2.05) is 6.08 Å². The van der Waals surface area contributed by atoms with Crippen LogP contribution in [0.25, 0.3) is 0 Å². The number of rotatable bonds is 2. The van der Waals surface area contributed by atoms with Gasteiger partial charge in [0, 0.05) is 0 Å². The lowest BCUT2D eigenvalue weighted by atomic mass is 10.4. The molecular weight excluding hydrogens is 134 g/mol. The van der Waals surface area contributed by atoms with Crippen molar-refractivity contribution in [1.82, 2.24) is 0 Å². The molecule has 9 heavy (non-hydrogen) atoms. The molecule has 0 fully saturated rings. The quantitative estimate of drug-likeness (QED) is 0.416. The molecule has 0 amide bonds. The molecule has 0 spiro atoms. The van der Waals surface area contributed by atoms with Crippen molar-refractivity contribution in [2.24, 2.45) is 0 Å². The lowest BCUT2D eigenvalue weighted by Crippen LogP contribution is -2.30. The van der Waals surface area contributed by atoms with E-state index in [4.69, 9.17) is 11.6 Å². The summed E-state index contributed by atoms with van der Waals surface area (Å²) in [6.45, 7) is 2.08. The number of nitrogens with zero attached hydrogens (tertiary/aromatic N) is 1. The van der Waals surface area contributed by atoms with Gasteiger partial charge in [-0.05, 0) is 24.1 Å². The van der Waals surface area contributed by atoms with E-state index in [0.29, 0.717) is 0 Å². The molecule has 0 aliphatic rings. The fourth-order valence-electron chi connectivity index (χ4n) is 0.442. The molecule has 0 atom stereocenters. The molecule has 2 heteroatoms. The predicted molar refractivity (Wildman–Crippen MR) is 42.3 cm³/mol. The van der Waals surface area contributed by atoms with Crippen molar-refractivity contribution in [1.29, 1.82) is 0 Å². The second-order valence-corrected chi connectivity index (χ2v) is 3.33. The minimum absolute atomic E-state index is 0.718. The largest absolute Gasteiger partial charge is 0.289 e.